The molecule has 0 aromatic heterocycles. The van der Waals surface area contributed by atoms with Crippen molar-refractivity contribution < 1.29 is 14.3 Å². The molecule has 0 unspecified atom stereocenters. The average molecular weight is 231 g/mol. The van der Waals surface area contributed by atoms with E-state index in [0.29, 0.717) is 6.54 Å². The van der Waals surface area contributed by atoms with Crippen LogP contribution in [0.25, 0.3) is 0 Å². The van der Waals surface area contributed by atoms with Crippen LogP contribution in [0.3, 0.4) is 0 Å². The van der Waals surface area contributed by atoms with E-state index in [0.717, 1.165) is 0 Å². The first-order valence-electron chi connectivity index (χ1n) is 5.28. The second-order valence-corrected chi connectivity index (χ2v) is 4.39. The van der Waals surface area contributed by atoms with Gasteiger partial charge in [0, 0.05) is 6.54 Å². The monoisotopic (exact) mass is 231 g/mol. The van der Waals surface area contributed by atoms with Gasteiger partial charge in [-0.2, -0.15) is 0 Å². The molecule has 2 amide bonds. The molecular formula is C10H21N3O3. The number of amides is 2. The fourth-order valence-electron chi connectivity index (χ4n) is 0.834. The molecule has 0 fully saturated rings. The number of carbonyl (C=O) groups excluding carboxylic acids is 2. The lowest BCUT2D eigenvalue weighted by Crippen LogP contribution is -2.50. The van der Waals surface area contributed by atoms with Gasteiger partial charge in [0.2, 0.25) is 0 Å². The maximum atomic E-state index is 11.4. The van der Waals surface area contributed by atoms with Crippen LogP contribution in [0.2, 0.25) is 0 Å². The summed E-state index contributed by atoms with van der Waals surface area (Å²) in [6.45, 7) is 9.33. The van der Waals surface area contributed by atoms with E-state index in [9.17, 15) is 9.59 Å². The smallest absolute Gasteiger partial charge is 0.408 e. The third-order valence-electron chi connectivity index (χ3n) is 1.51. The molecule has 16 heavy (non-hydrogen) atoms. The second kappa shape index (κ2) is 6.32. The fourth-order valence-corrected chi connectivity index (χ4v) is 0.834. The van der Waals surface area contributed by atoms with Crippen molar-refractivity contribution in [3.05, 3.63) is 0 Å². The van der Waals surface area contributed by atoms with Crippen LogP contribution < -0.4 is 16.2 Å². The van der Waals surface area contributed by atoms with Crippen molar-refractivity contribution in [2.45, 2.75) is 46.3 Å². The number of hydrazine groups is 1. The lowest BCUT2D eigenvalue weighted by molar-refractivity contribution is -0.123. The minimum Gasteiger partial charge on any atom is -0.444 e. The number of carbonyl (C=O) groups is 2. The van der Waals surface area contributed by atoms with Crippen molar-refractivity contribution in [3.8, 4) is 0 Å². The van der Waals surface area contributed by atoms with Gasteiger partial charge in [-0.1, -0.05) is 6.92 Å². The Hall–Kier alpha value is -1.30. The summed E-state index contributed by atoms with van der Waals surface area (Å²) in [5, 5.41) is 2.43. The molecule has 0 saturated heterocycles. The van der Waals surface area contributed by atoms with Crippen molar-refractivity contribution in [2.75, 3.05) is 6.54 Å². The topological polar surface area (TPSA) is 79.5 Å². The van der Waals surface area contributed by atoms with E-state index < -0.39 is 17.7 Å². The summed E-state index contributed by atoms with van der Waals surface area (Å²) in [4.78, 5) is 22.7. The first-order valence-corrected chi connectivity index (χ1v) is 5.28. The van der Waals surface area contributed by atoms with Gasteiger partial charge in [0.05, 0.1) is 0 Å². The highest BCUT2D eigenvalue weighted by atomic mass is 16.6. The van der Waals surface area contributed by atoms with Gasteiger partial charge >= 0.3 is 6.09 Å². The fraction of sp³-hybridized carbons (Fsp3) is 0.800. The molecule has 6 nitrogen and oxygen atoms in total. The summed E-state index contributed by atoms with van der Waals surface area (Å²) in [5.41, 5.74) is 4.53. The Kier molecular flexibility index (Phi) is 5.81. The van der Waals surface area contributed by atoms with Crippen molar-refractivity contribution in [3.63, 3.8) is 0 Å². The zero-order valence-electron chi connectivity index (χ0n) is 10.5. The summed E-state index contributed by atoms with van der Waals surface area (Å²) in [5.74, 6) is -0.312. The predicted octanol–water partition coefficient (Wildman–Crippen LogP) is 0.540. The molecule has 0 heterocycles. The molecule has 0 rings (SSSR count). The maximum Gasteiger partial charge on any atom is 0.408 e. The van der Waals surface area contributed by atoms with E-state index >= 15 is 0 Å². The van der Waals surface area contributed by atoms with Crippen LogP contribution >= 0.6 is 0 Å². The third kappa shape index (κ3) is 7.05. The van der Waals surface area contributed by atoms with Crippen molar-refractivity contribution in [1.29, 1.82) is 0 Å². The number of rotatable bonds is 4. The highest BCUT2D eigenvalue weighted by molar-refractivity contribution is 5.84. The number of hydrogen-bond acceptors (Lipinski definition) is 4. The van der Waals surface area contributed by atoms with E-state index in [1.165, 1.54) is 0 Å². The first-order chi connectivity index (χ1) is 7.26. The maximum absolute atomic E-state index is 11.4. The van der Waals surface area contributed by atoms with Crippen molar-refractivity contribution >= 4 is 12.0 Å². The number of ether oxygens (including phenoxy) is 1. The highest BCUT2D eigenvalue weighted by Crippen LogP contribution is 2.06. The van der Waals surface area contributed by atoms with Gasteiger partial charge in [-0.05, 0) is 27.7 Å². The molecule has 0 aliphatic carbocycles. The largest absolute Gasteiger partial charge is 0.444 e. The zero-order chi connectivity index (χ0) is 12.8. The van der Waals surface area contributed by atoms with E-state index in [1.807, 2.05) is 6.92 Å². The predicted molar refractivity (Wildman–Crippen MR) is 60.7 cm³/mol. The quantitative estimate of drug-likeness (QED) is 0.617. The molecule has 0 aromatic carbocycles. The summed E-state index contributed by atoms with van der Waals surface area (Å²) in [7, 11) is 0. The Morgan fingerprint density at radius 2 is 1.88 bits per heavy atom. The van der Waals surface area contributed by atoms with Crippen LogP contribution in [0.1, 0.15) is 34.6 Å². The molecule has 0 bridgehead atoms. The van der Waals surface area contributed by atoms with Crippen LogP contribution in [0.5, 0.6) is 0 Å². The molecule has 1 atom stereocenters. The van der Waals surface area contributed by atoms with Crippen LogP contribution in [0.4, 0.5) is 4.79 Å². The van der Waals surface area contributed by atoms with E-state index in [-0.39, 0.29) is 5.91 Å². The normalized spacial score (nSPS) is 12.8. The lowest BCUT2D eigenvalue weighted by atomic mass is 10.2. The third-order valence-corrected chi connectivity index (χ3v) is 1.51. The van der Waals surface area contributed by atoms with E-state index in [4.69, 9.17) is 4.74 Å². The molecule has 94 valence electrons. The molecule has 0 saturated carbocycles. The molecule has 0 radical (unpaired) electrons. The molecule has 6 heteroatoms. The van der Waals surface area contributed by atoms with Gasteiger partial charge in [0.25, 0.3) is 5.91 Å². The van der Waals surface area contributed by atoms with Gasteiger partial charge in [0.15, 0.2) is 0 Å². The summed E-state index contributed by atoms with van der Waals surface area (Å²) >= 11 is 0. The number of hydrogen-bond donors (Lipinski definition) is 3. The highest BCUT2D eigenvalue weighted by Gasteiger charge is 2.20. The summed E-state index contributed by atoms with van der Waals surface area (Å²) in [6.07, 6.45) is -0.605. The lowest BCUT2D eigenvalue weighted by Gasteiger charge is -2.21. The van der Waals surface area contributed by atoms with Crippen LogP contribution in [-0.2, 0) is 9.53 Å². The molecular weight excluding hydrogens is 210 g/mol. The Morgan fingerprint density at radius 1 is 1.31 bits per heavy atom. The van der Waals surface area contributed by atoms with Gasteiger partial charge in [-0.3, -0.25) is 10.2 Å². The molecule has 3 N–H and O–H groups in total. The summed E-state index contributed by atoms with van der Waals surface area (Å²) in [6, 6.07) is -0.645. The average Bonchev–Trinajstić information content (AvgIpc) is 2.10. The second-order valence-electron chi connectivity index (χ2n) is 4.39. The van der Waals surface area contributed by atoms with Gasteiger partial charge in [-0.25, -0.2) is 10.2 Å². The van der Waals surface area contributed by atoms with Crippen LogP contribution in [0.15, 0.2) is 0 Å². The molecule has 0 spiro atoms. The van der Waals surface area contributed by atoms with Gasteiger partial charge in [-0.15, -0.1) is 0 Å². The van der Waals surface area contributed by atoms with E-state index in [2.05, 4.69) is 16.2 Å². The Balaban J connectivity index is 3.99. The molecule has 0 aliphatic rings. The van der Waals surface area contributed by atoms with Gasteiger partial charge in [0.1, 0.15) is 11.6 Å². The SMILES string of the molecule is CCNNC(=O)[C@@H](C)NC(=O)OC(C)(C)C. The van der Waals surface area contributed by atoms with E-state index in [1.54, 1.807) is 27.7 Å². The standard InChI is InChI=1S/C10H21N3O3/c1-6-11-13-8(14)7(2)12-9(15)16-10(3,4)5/h7,11H,6H2,1-5H3,(H,12,15)(H,13,14)/t7-/m1/s1. The van der Waals surface area contributed by atoms with Gasteiger partial charge < -0.3 is 10.1 Å². The molecule has 0 aliphatic heterocycles. The van der Waals surface area contributed by atoms with Crippen LogP contribution in [0, 0.1) is 0 Å². The van der Waals surface area contributed by atoms with Crippen molar-refractivity contribution in [1.82, 2.24) is 16.2 Å². The first kappa shape index (κ1) is 14.7. The Bertz CT molecular complexity index is 248. The zero-order valence-corrected chi connectivity index (χ0v) is 10.5. The minimum atomic E-state index is -0.645. The Labute approximate surface area is 96.1 Å². The number of alkyl carbamates (subject to hydrolysis) is 1. The summed E-state index contributed by atoms with van der Waals surface area (Å²) < 4.78 is 5.01. The number of nitrogens with one attached hydrogen (secondary N) is 3. The minimum absolute atomic E-state index is 0.312. The Morgan fingerprint density at radius 3 is 2.31 bits per heavy atom. The van der Waals surface area contributed by atoms with Crippen LogP contribution in [-0.4, -0.2) is 30.2 Å². The molecule has 0 aromatic rings. The van der Waals surface area contributed by atoms with Crippen molar-refractivity contribution in [2.24, 2.45) is 0 Å².